The van der Waals surface area contributed by atoms with Gasteiger partial charge in [0, 0.05) is 0 Å². The molecule has 2 aromatic carbocycles. The number of nitrogens with one attached hydrogen (secondary N) is 1. The summed E-state index contributed by atoms with van der Waals surface area (Å²) >= 11 is 0. The van der Waals surface area contributed by atoms with Gasteiger partial charge >= 0.3 is 0 Å². The highest BCUT2D eigenvalue weighted by molar-refractivity contribution is 7.89. The molecule has 2 aromatic rings. The molecule has 4 nitrogen and oxygen atoms in total. The summed E-state index contributed by atoms with van der Waals surface area (Å²) in [5.74, 6) is 3.01. The van der Waals surface area contributed by atoms with Gasteiger partial charge in [0.2, 0.25) is 10.0 Å². The zero-order valence-electron chi connectivity index (χ0n) is 11.5. The van der Waals surface area contributed by atoms with Gasteiger partial charge in [0.25, 0.3) is 0 Å². The van der Waals surface area contributed by atoms with Crippen molar-refractivity contribution in [3.05, 3.63) is 48.5 Å². The molecule has 0 spiro atoms. The van der Waals surface area contributed by atoms with Crippen LogP contribution < -0.4 is 9.46 Å². The fourth-order valence-electron chi connectivity index (χ4n) is 1.83. The van der Waals surface area contributed by atoms with E-state index in [1.807, 2.05) is 24.3 Å². The maximum absolute atomic E-state index is 11.9. The van der Waals surface area contributed by atoms with Crippen LogP contribution in [0.15, 0.2) is 53.4 Å². The summed E-state index contributed by atoms with van der Waals surface area (Å²) in [5, 5.41) is 0. The average molecular weight is 301 g/mol. The number of hydrogen-bond acceptors (Lipinski definition) is 3. The Morgan fingerprint density at radius 3 is 2.05 bits per heavy atom. The smallest absolute Gasteiger partial charge is 0.241 e. The van der Waals surface area contributed by atoms with E-state index >= 15 is 0 Å². The Labute approximate surface area is 124 Å². The van der Waals surface area contributed by atoms with E-state index in [1.165, 1.54) is 0 Å². The zero-order valence-corrected chi connectivity index (χ0v) is 12.4. The normalized spacial score (nSPS) is 10.9. The third-order valence-corrected chi connectivity index (χ3v) is 4.37. The topological polar surface area (TPSA) is 55.4 Å². The van der Waals surface area contributed by atoms with Gasteiger partial charge in [-0.2, -0.15) is 4.72 Å². The van der Waals surface area contributed by atoms with Crippen LogP contribution in [0.5, 0.6) is 5.75 Å². The number of rotatable bonds is 5. The van der Waals surface area contributed by atoms with Crippen LogP contribution in [-0.2, 0) is 10.0 Å². The molecule has 0 amide bonds. The lowest BCUT2D eigenvalue weighted by Gasteiger charge is -2.07. The monoisotopic (exact) mass is 301 g/mol. The first-order valence-corrected chi connectivity index (χ1v) is 7.73. The molecule has 0 saturated heterocycles. The second kappa shape index (κ2) is 6.44. The van der Waals surface area contributed by atoms with Crippen LogP contribution >= 0.6 is 0 Å². The molecule has 0 aliphatic carbocycles. The van der Waals surface area contributed by atoms with Crippen LogP contribution in [0.4, 0.5) is 0 Å². The highest BCUT2D eigenvalue weighted by Crippen LogP contribution is 2.23. The van der Waals surface area contributed by atoms with E-state index in [9.17, 15) is 8.42 Å². The van der Waals surface area contributed by atoms with E-state index in [4.69, 9.17) is 11.2 Å². The van der Waals surface area contributed by atoms with Crippen molar-refractivity contribution in [3.8, 4) is 29.2 Å². The minimum absolute atomic E-state index is 0.0252. The van der Waals surface area contributed by atoms with E-state index in [2.05, 4.69) is 10.6 Å². The van der Waals surface area contributed by atoms with Crippen molar-refractivity contribution in [1.29, 1.82) is 0 Å². The fourth-order valence-corrected chi connectivity index (χ4v) is 2.76. The number of sulfonamides is 1. The maximum atomic E-state index is 11.9. The first-order valence-electron chi connectivity index (χ1n) is 6.24. The Balaban J connectivity index is 2.24. The van der Waals surface area contributed by atoms with Crippen molar-refractivity contribution in [3.63, 3.8) is 0 Å². The largest absolute Gasteiger partial charge is 0.497 e. The summed E-state index contributed by atoms with van der Waals surface area (Å²) in [4.78, 5) is 0.190. The second-order valence-corrected chi connectivity index (χ2v) is 6.05. The van der Waals surface area contributed by atoms with Crippen LogP contribution in [0.3, 0.4) is 0 Å². The standard InChI is InChI=1S/C16H15NO3S/c1-3-12-17-21(18,19)16-10-6-14(7-11-16)13-4-8-15(20-2)9-5-13/h1,4-11,17H,12H2,2H3. The quantitative estimate of drug-likeness (QED) is 0.862. The molecule has 0 aliphatic rings. The number of methoxy groups -OCH3 is 1. The SMILES string of the molecule is C#CCNS(=O)(=O)c1ccc(-c2ccc(OC)cc2)cc1. The van der Waals surface area contributed by atoms with Crippen molar-refractivity contribution in [2.24, 2.45) is 0 Å². The molecule has 21 heavy (non-hydrogen) atoms. The van der Waals surface area contributed by atoms with Crippen LogP contribution in [0.25, 0.3) is 11.1 Å². The van der Waals surface area contributed by atoms with Crippen LogP contribution in [0, 0.1) is 12.3 Å². The molecule has 0 fully saturated rings. The van der Waals surface area contributed by atoms with E-state index in [0.29, 0.717) is 0 Å². The highest BCUT2D eigenvalue weighted by Gasteiger charge is 2.12. The molecule has 0 aliphatic heterocycles. The predicted molar refractivity (Wildman–Crippen MR) is 82.5 cm³/mol. The average Bonchev–Trinajstić information content (AvgIpc) is 2.53. The van der Waals surface area contributed by atoms with Crippen LogP contribution in [0.2, 0.25) is 0 Å². The zero-order chi connectivity index (χ0) is 15.3. The molecule has 0 aromatic heterocycles. The van der Waals surface area contributed by atoms with Crippen molar-refractivity contribution in [1.82, 2.24) is 4.72 Å². The number of terminal acetylenes is 1. The van der Waals surface area contributed by atoms with Crippen LogP contribution in [0.1, 0.15) is 0 Å². The van der Waals surface area contributed by atoms with Gasteiger partial charge < -0.3 is 4.74 Å². The van der Waals surface area contributed by atoms with Crippen molar-refractivity contribution >= 4 is 10.0 Å². The second-order valence-electron chi connectivity index (χ2n) is 4.28. The molecule has 0 bridgehead atoms. The Morgan fingerprint density at radius 2 is 1.57 bits per heavy atom. The Kier molecular flexibility index (Phi) is 4.63. The summed E-state index contributed by atoms with van der Waals surface area (Å²) < 4.78 is 31.2. The van der Waals surface area contributed by atoms with Crippen LogP contribution in [-0.4, -0.2) is 22.1 Å². The predicted octanol–water partition coefficient (Wildman–Crippen LogP) is 2.27. The highest BCUT2D eigenvalue weighted by atomic mass is 32.2. The summed E-state index contributed by atoms with van der Waals surface area (Å²) in [6.07, 6.45) is 5.05. The fraction of sp³-hybridized carbons (Fsp3) is 0.125. The first-order chi connectivity index (χ1) is 10.1. The number of ether oxygens (including phenoxy) is 1. The maximum Gasteiger partial charge on any atom is 0.241 e. The lowest BCUT2D eigenvalue weighted by Crippen LogP contribution is -2.23. The number of hydrogen-bond donors (Lipinski definition) is 1. The van der Waals surface area contributed by atoms with E-state index < -0.39 is 10.0 Å². The van der Waals surface area contributed by atoms with E-state index in [0.717, 1.165) is 16.9 Å². The summed E-state index contributed by atoms with van der Waals surface area (Å²) in [5.41, 5.74) is 1.91. The van der Waals surface area contributed by atoms with Gasteiger partial charge in [-0.15, -0.1) is 6.42 Å². The van der Waals surface area contributed by atoms with E-state index in [1.54, 1.807) is 31.4 Å². The Bertz CT molecular complexity index is 742. The molecule has 0 saturated carbocycles. The van der Waals surface area contributed by atoms with Crippen molar-refractivity contribution in [2.45, 2.75) is 4.90 Å². The summed E-state index contributed by atoms with van der Waals surface area (Å²) in [7, 11) is -1.94. The minimum Gasteiger partial charge on any atom is -0.497 e. The summed E-state index contributed by atoms with van der Waals surface area (Å²) in [6, 6.07) is 14.2. The third kappa shape index (κ3) is 3.63. The van der Waals surface area contributed by atoms with Gasteiger partial charge in [-0.1, -0.05) is 30.2 Å². The molecular formula is C16H15NO3S. The Hall–Kier alpha value is -2.29. The molecule has 0 radical (unpaired) electrons. The molecule has 5 heteroatoms. The van der Waals surface area contributed by atoms with Gasteiger partial charge in [-0.3, -0.25) is 0 Å². The minimum atomic E-state index is -3.54. The lowest BCUT2D eigenvalue weighted by molar-refractivity contribution is 0.415. The molecule has 108 valence electrons. The molecule has 0 unspecified atom stereocenters. The molecule has 2 rings (SSSR count). The lowest BCUT2D eigenvalue weighted by atomic mass is 10.1. The third-order valence-electron chi connectivity index (χ3n) is 2.95. The van der Waals surface area contributed by atoms with Gasteiger partial charge in [-0.25, -0.2) is 8.42 Å². The summed E-state index contributed by atoms with van der Waals surface area (Å²) in [6.45, 7) is -0.0252. The first kappa shape index (κ1) is 15.1. The van der Waals surface area contributed by atoms with Crippen molar-refractivity contribution < 1.29 is 13.2 Å². The molecule has 0 heterocycles. The Morgan fingerprint density at radius 1 is 1.05 bits per heavy atom. The van der Waals surface area contributed by atoms with E-state index in [-0.39, 0.29) is 11.4 Å². The van der Waals surface area contributed by atoms with Gasteiger partial charge in [0.15, 0.2) is 0 Å². The van der Waals surface area contributed by atoms with Gasteiger partial charge in [0.05, 0.1) is 18.6 Å². The molecule has 0 atom stereocenters. The molecule has 1 N–H and O–H groups in total. The van der Waals surface area contributed by atoms with Gasteiger partial charge in [0.1, 0.15) is 5.75 Å². The van der Waals surface area contributed by atoms with Gasteiger partial charge in [-0.05, 0) is 35.4 Å². The number of benzene rings is 2. The molecular weight excluding hydrogens is 286 g/mol. The van der Waals surface area contributed by atoms with Crippen molar-refractivity contribution in [2.75, 3.05) is 13.7 Å².